The molecule has 0 spiro atoms. The maximum atomic E-state index is 12.8. The van der Waals surface area contributed by atoms with Gasteiger partial charge in [0.2, 0.25) is 0 Å². The van der Waals surface area contributed by atoms with Crippen LogP contribution in [0.4, 0.5) is 8.78 Å². The quantitative estimate of drug-likeness (QED) is 0.270. The highest BCUT2D eigenvalue weighted by atomic mass is 127. The second kappa shape index (κ2) is 14.6. The number of halogens is 3. The van der Waals surface area contributed by atoms with Gasteiger partial charge >= 0.3 is 6.61 Å². The number of hydrogen-bond acceptors (Lipinski definition) is 5. The molecule has 0 atom stereocenters. The van der Waals surface area contributed by atoms with Crippen LogP contribution in [0, 0.1) is 0 Å². The Hall–Kier alpha value is -1.40. The molecule has 0 radical (unpaired) electrons. The Bertz CT molecular complexity index is 644. The lowest BCUT2D eigenvalue weighted by Gasteiger charge is -2.34. The van der Waals surface area contributed by atoms with Crippen molar-refractivity contribution in [1.82, 2.24) is 20.4 Å². The van der Waals surface area contributed by atoms with Crippen LogP contribution in [0.15, 0.2) is 23.2 Å². The highest BCUT2D eigenvalue weighted by Crippen LogP contribution is 2.32. The summed E-state index contributed by atoms with van der Waals surface area (Å²) in [5.74, 6) is 0.976. The number of ether oxygens (including phenoxy) is 2. The molecule has 7 nitrogen and oxygen atoms in total. The molecule has 1 aliphatic heterocycles. The molecular weight excluding hydrogens is 507 g/mol. The number of guanidine groups is 1. The van der Waals surface area contributed by atoms with Crippen LogP contribution in [0.1, 0.15) is 19.4 Å². The van der Waals surface area contributed by atoms with Crippen LogP contribution in [0.3, 0.4) is 0 Å². The number of nitrogens with zero attached hydrogens (tertiary/aromatic N) is 3. The summed E-state index contributed by atoms with van der Waals surface area (Å²) < 4.78 is 35.8. The number of para-hydroxylation sites is 1. The molecule has 2 N–H and O–H groups in total. The van der Waals surface area contributed by atoms with Crippen LogP contribution in [0.2, 0.25) is 0 Å². The van der Waals surface area contributed by atoms with Gasteiger partial charge in [-0.1, -0.05) is 19.1 Å². The summed E-state index contributed by atoms with van der Waals surface area (Å²) in [5, 5.41) is 6.43. The molecular formula is C20H34F2IN5O2. The van der Waals surface area contributed by atoms with Crippen LogP contribution >= 0.6 is 24.0 Å². The standard InChI is InChI=1S/C20H33F2N5O2.HI/c1-4-26-11-13-27(14-12-26)10-9-24-20(23-3)25-15-16-7-6-8-17(28-5-2)18(16)29-19(21)22;/h6-8,19H,4-5,9-15H2,1-3H3,(H2,23,24,25);1H. The number of nitrogens with one attached hydrogen (secondary N) is 2. The molecule has 1 aliphatic rings. The fraction of sp³-hybridized carbons (Fsp3) is 0.650. The van der Waals surface area contributed by atoms with Gasteiger partial charge in [-0.3, -0.25) is 9.89 Å². The number of alkyl halides is 2. The Balaban J connectivity index is 0.00000450. The summed E-state index contributed by atoms with van der Waals surface area (Å²) in [5.41, 5.74) is 0.579. The van der Waals surface area contributed by atoms with E-state index in [1.54, 1.807) is 32.2 Å². The van der Waals surface area contributed by atoms with Crippen molar-refractivity contribution in [3.05, 3.63) is 23.8 Å². The summed E-state index contributed by atoms with van der Waals surface area (Å²) in [4.78, 5) is 9.08. The molecule has 30 heavy (non-hydrogen) atoms. The first-order valence-electron chi connectivity index (χ1n) is 10.2. The number of likely N-dealkylation sites (N-methyl/N-ethyl adjacent to an activating group) is 1. The molecule has 0 aromatic heterocycles. The SMILES string of the molecule is CCOc1cccc(CNC(=NC)NCCN2CCN(CC)CC2)c1OC(F)F.I. The lowest BCUT2D eigenvalue weighted by Crippen LogP contribution is -2.49. The van der Waals surface area contributed by atoms with Crippen molar-refractivity contribution in [3.63, 3.8) is 0 Å². The van der Waals surface area contributed by atoms with Gasteiger partial charge in [0.25, 0.3) is 0 Å². The van der Waals surface area contributed by atoms with Crippen molar-refractivity contribution in [2.45, 2.75) is 27.0 Å². The number of hydrogen-bond donors (Lipinski definition) is 2. The Morgan fingerprint density at radius 2 is 1.83 bits per heavy atom. The Morgan fingerprint density at radius 1 is 1.13 bits per heavy atom. The van der Waals surface area contributed by atoms with E-state index in [4.69, 9.17) is 9.47 Å². The average Bonchev–Trinajstić information content (AvgIpc) is 2.72. The molecule has 0 saturated carbocycles. The van der Waals surface area contributed by atoms with E-state index in [0.717, 1.165) is 45.8 Å². The molecule has 172 valence electrons. The van der Waals surface area contributed by atoms with Gasteiger partial charge in [0.05, 0.1) is 6.61 Å². The zero-order chi connectivity index (χ0) is 21.1. The van der Waals surface area contributed by atoms with E-state index in [-0.39, 0.29) is 36.3 Å². The fourth-order valence-electron chi connectivity index (χ4n) is 3.25. The van der Waals surface area contributed by atoms with Crippen molar-refractivity contribution in [2.75, 3.05) is 59.5 Å². The monoisotopic (exact) mass is 541 g/mol. The van der Waals surface area contributed by atoms with Gasteiger partial charge in [-0.2, -0.15) is 8.78 Å². The maximum Gasteiger partial charge on any atom is 0.387 e. The largest absolute Gasteiger partial charge is 0.490 e. The zero-order valence-corrected chi connectivity index (χ0v) is 20.3. The first-order chi connectivity index (χ1) is 14.1. The fourth-order valence-corrected chi connectivity index (χ4v) is 3.25. The molecule has 0 amide bonds. The summed E-state index contributed by atoms with van der Waals surface area (Å²) >= 11 is 0. The second-order valence-corrected chi connectivity index (χ2v) is 6.68. The van der Waals surface area contributed by atoms with Crippen LogP contribution in [0.25, 0.3) is 0 Å². The van der Waals surface area contributed by atoms with Gasteiger partial charge in [-0.15, -0.1) is 24.0 Å². The molecule has 0 bridgehead atoms. The van der Waals surface area contributed by atoms with Gasteiger partial charge in [0.1, 0.15) is 0 Å². The normalized spacial score (nSPS) is 15.6. The second-order valence-electron chi connectivity index (χ2n) is 6.68. The van der Waals surface area contributed by atoms with Crippen molar-refractivity contribution in [2.24, 2.45) is 4.99 Å². The minimum atomic E-state index is -2.92. The van der Waals surface area contributed by atoms with Crippen molar-refractivity contribution >= 4 is 29.9 Å². The van der Waals surface area contributed by atoms with E-state index in [2.05, 4.69) is 32.3 Å². The minimum absolute atomic E-state index is 0. The van der Waals surface area contributed by atoms with Crippen molar-refractivity contribution in [3.8, 4) is 11.5 Å². The number of benzene rings is 1. The first kappa shape index (κ1) is 26.6. The molecule has 10 heteroatoms. The lowest BCUT2D eigenvalue weighted by atomic mass is 10.2. The Labute approximate surface area is 195 Å². The molecule has 1 heterocycles. The van der Waals surface area contributed by atoms with Gasteiger partial charge in [0, 0.05) is 58.4 Å². The van der Waals surface area contributed by atoms with Crippen molar-refractivity contribution < 1.29 is 18.3 Å². The Kier molecular flexibility index (Phi) is 12.9. The van der Waals surface area contributed by atoms with E-state index < -0.39 is 6.61 Å². The Morgan fingerprint density at radius 3 is 2.43 bits per heavy atom. The van der Waals surface area contributed by atoms with Gasteiger partial charge in [0.15, 0.2) is 17.5 Å². The van der Waals surface area contributed by atoms with Crippen LogP contribution < -0.4 is 20.1 Å². The average molecular weight is 541 g/mol. The third-order valence-electron chi connectivity index (χ3n) is 4.87. The third kappa shape index (κ3) is 8.76. The molecule has 1 fully saturated rings. The minimum Gasteiger partial charge on any atom is -0.490 e. The predicted octanol–water partition coefficient (Wildman–Crippen LogP) is 2.61. The van der Waals surface area contributed by atoms with Crippen molar-refractivity contribution in [1.29, 1.82) is 0 Å². The van der Waals surface area contributed by atoms with Gasteiger partial charge in [-0.25, -0.2) is 0 Å². The van der Waals surface area contributed by atoms with Gasteiger partial charge in [-0.05, 0) is 19.5 Å². The molecule has 1 saturated heterocycles. The topological polar surface area (TPSA) is 61.4 Å². The molecule has 1 aromatic rings. The molecule has 0 aliphatic carbocycles. The summed E-state index contributed by atoms with van der Waals surface area (Å²) in [6.45, 7) is 8.86. The summed E-state index contributed by atoms with van der Waals surface area (Å²) in [7, 11) is 1.68. The van der Waals surface area contributed by atoms with E-state index in [1.807, 2.05) is 0 Å². The van der Waals surface area contributed by atoms with Gasteiger partial charge < -0.3 is 25.0 Å². The first-order valence-corrected chi connectivity index (χ1v) is 10.2. The summed E-state index contributed by atoms with van der Waals surface area (Å²) in [6.07, 6.45) is 0. The molecule has 0 unspecified atom stereocenters. The number of rotatable bonds is 10. The number of aliphatic imine (C=N–C) groups is 1. The lowest BCUT2D eigenvalue weighted by molar-refractivity contribution is -0.0520. The number of piperazine rings is 1. The zero-order valence-electron chi connectivity index (χ0n) is 18.0. The highest BCUT2D eigenvalue weighted by Gasteiger charge is 2.17. The maximum absolute atomic E-state index is 12.8. The van der Waals surface area contributed by atoms with E-state index >= 15 is 0 Å². The highest BCUT2D eigenvalue weighted by molar-refractivity contribution is 14.0. The smallest absolute Gasteiger partial charge is 0.387 e. The molecule has 1 aromatic carbocycles. The van der Waals surface area contributed by atoms with Crippen LogP contribution in [-0.4, -0.2) is 81.8 Å². The predicted molar refractivity (Wildman–Crippen MR) is 126 cm³/mol. The van der Waals surface area contributed by atoms with Crippen LogP contribution in [0.5, 0.6) is 11.5 Å². The van der Waals surface area contributed by atoms with E-state index in [0.29, 0.717) is 23.9 Å². The van der Waals surface area contributed by atoms with Crippen LogP contribution in [-0.2, 0) is 6.54 Å². The van der Waals surface area contributed by atoms with E-state index in [9.17, 15) is 8.78 Å². The third-order valence-corrected chi connectivity index (χ3v) is 4.87. The molecule has 2 rings (SSSR count). The van der Waals surface area contributed by atoms with E-state index in [1.165, 1.54) is 0 Å². The summed E-state index contributed by atoms with van der Waals surface area (Å²) in [6, 6.07) is 5.11.